The van der Waals surface area contributed by atoms with Crippen molar-refractivity contribution in [1.82, 2.24) is 0 Å². The monoisotopic (exact) mass is 141 g/mol. The molecule has 0 spiro atoms. The molecule has 0 radical (unpaired) electrons. The van der Waals surface area contributed by atoms with Crippen LogP contribution in [0, 0.1) is 0 Å². The Bertz CT molecular complexity index is 123. The molecular formula is C9H19N. The molecule has 0 fully saturated rings. The van der Waals surface area contributed by atoms with Crippen LogP contribution >= 0.6 is 0 Å². The summed E-state index contributed by atoms with van der Waals surface area (Å²) < 4.78 is 0. The highest BCUT2D eigenvalue weighted by Crippen LogP contribution is 2.11. The maximum Gasteiger partial charge on any atom is 0.0224 e. The zero-order valence-corrected chi connectivity index (χ0v) is 7.57. The van der Waals surface area contributed by atoms with Crippen molar-refractivity contribution in [2.24, 2.45) is 5.73 Å². The molecule has 0 heterocycles. The van der Waals surface area contributed by atoms with E-state index < -0.39 is 0 Å². The lowest BCUT2D eigenvalue weighted by atomic mass is 10.0. The molecule has 0 amide bonds. The Hall–Kier alpha value is -0.300. The van der Waals surface area contributed by atoms with E-state index in [-0.39, 0.29) is 6.04 Å². The molecule has 1 nitrogen and oxygen atoms in total. The van der Waals surface area contributed by atoms with Crippen LogP contribution < -0.4 is 5.73 Å². The minimum atomic E-state index is 0.228. The molecule has 10 heavy (non-hydrogen) atoms. The normalized spacial score (nSPS) is 16.5. The standard InChI is InChI=1S/C9H19N/c1-5-6-7(2)8(3)9(4)10/h9H,5-6,10H2,1-4H3/b8-7+. The lowest BCUT2D eigenvalue weighted by molar-refractivity contribution is 0.806. The van der Waals surface area contributed by atoms with Crippen LogP contribution in [0.15, 0.2) is 11.1 Å². The van der Waals surface area contributed by atoms with Gasteiger partial charge in [-0.15, -0.1) is 0 Å². The van der Waals surface area contributed by atoms with E-state index in [2.05, 4.69) is 20.8 Å². The largest absolute Gasteiger partial charge is 0.324 e. The molecule has 0 aromatic heterocycles. The highest BCUT2D eigenvalue weighted by atomic mass is 14.6. The highest BCUT2D eigenvalue weighted by Gasteiger charge is 1.99. The lowest BCUT2D eigenvalue weighted by Gasteiger charge is -2.09. The number of nitrogens with two attached hydrogens (primary N) is 1. The summed E-state index contributed by atoms with van der Waals surface area (Å²) in [5.41, 5.74) is 8.51. The van der Waals surface area contributed by atoms with Gasteiger partial charge in [0.1, 0.15) is 0 Å². The first kappa shape index (κ1) is 9.70. The van der Waals surface area contributed by atoms with Crippen molar-refractivity contribution in [2.75, 3.05) is 0 Å². The molecule has 2 N–H and O–H groups in total. The summed E-state index contributed by atoms with van der Waals surface area (Å²) in [5.74, 6) is 0. The second-order valence-corrected chi connectivity index (χ2v) is 3.00. The van der Waals surface area contributed by atoms with Gasteiger partial charge in [-0.2, -0.15) is 0 Å². The third kappa shape index (κ3) is 3.02. The van der Waals surface area contributed by atoms with E-state index in [1.54, 1.807) is 0 Å². The topological polar surface area (TPSA) is 26.0 Å². The first-order valence-electron chi connectivity index (χ1n) is 4.01. The smallest absolute Gasteiger partial charge is 0.0224 e. The second kappa shape index (κ2) is 4.51. The van der Waals surface area contributed by atoms with Gasteiger partial charge in [-0.1, -0.05) is 24.5 Å². The third-order valence-electron chi connectivity index (χ3n) is 1.98. The Kier molecular flexibility index (Phi) is 4.37. The molecule has 0 aliphatic heterocycles. The maximum atomic E-state index is 5.71. The van der Waals surface area contributed by atoms with Crippen LogP contribution in [0.25, 0.3) is 0 Å². The van der Waals surface area contributed by atoms with E-state index in [9.17, 15) is 0 Å². The van der Waals surface area contributed by atoms with E-state index in [1.165, 1.54) is 24.0 Å². The summed E-state index contributed by atoms with van der Waals surface area (Å²) in [4.78, 5) is 0. The lowest BCUT2D eigenvalue weighted by Crippen LogP contribution is -2.17. The van der Waals surface area contributed by atoms with Crippen molar-refractivity contribution in [3.63, 3.8) is 0 Å². The zero-order chi connectivity index (χ0) is 8.15. The molecular weight excluding hydrogens is 122 g/mol. The highest BCUT2D eigenvalue weighted by molar-refractivity contribution is 5.14. The van der Waals surface area contributed by atoms with E-state index in [1.807, 2.05) is 6.92 Å². The second-order valence-electron chi connectivity index (χ2n) is 3.00. The van der Waals surface area contributed by atoms with E-state index >= 15 is 0 Å². The Morgan fingerprint density at radius 2 is 1.90 bits per heavy atom. The molecule has 0 aliphatic rings. The quantitative estimate of drug-likeness (QED) is 0.600. The van der Waals surface area contributed by atoms with E-state index in [0.29, 0.717) is 0 Å². The Morgan fingerprint density at radius 3 is 2.20 bits per heavy atom. The minimum Gasteiger partial charge on any atom is -0.324 e. The van der Waals surface area contributed by atoms with Crippen LogP contribution in [0.2, 0.25) is 0 Å². The Balaban J connectivity index is 4.05. The molecule has 0 rings (SSSR count). The molecule has 60 valence electrons. The maximum absolute atomic E-state index is 5.71. The van der Waals surface area contributed by atoms with Gasteiger partial charge in [0, 0.05) is 6.04 Å². The number of hydrogen-bond donors (Lipinski definition) is 1. The van der Waals surface area contributed by atoms with E-state index in [4.69, 9.17) is 5.73 Å². The molecule has 1 atom stereocenters. The van der Waals surface area contributed by atoms with Crippen LogP contribution in [-0.4, -0.2) is 6.04 Å². The van der Waals surface area contributed by atoms with Crippen molar-refractivity contribution in [2.45, 2.75) is 46.6 Å². The van der Waals surface area contributed by atoms with Crippen molar-refractivity contribution in [3.8, 4) is 0 Å². The fourth-order valence-corrected chi connectivity index (χ4v) is 0.961. The van der Waals surface area contributed by atoms with Gasteiger partial charge in [0.15, 0.2) is 0 Å². The predicted molar refractivity (Wildman–Crippen MR) is 46.9 cm³/mol. The van der Waals surface area contributed by atoms with Gasteiger partial charge in [-0.05, 0) is 27.2 Å². The van der Waals surface area contributed by atoms with Gasteiger partial charge in [0.2, 0.25) is 0 Å². The van der Waals surface area contributed by atoms with Crippen LogP contribution in [-0.2, 0) is 0 Å². The molecule has 0 saturated heterocycles. The van der Waals surface area contributed by atoms with Gasteiger partial charge in [-0.25, -0.2) is 0 Å². The fraction of sp³-hybridized carbons (Fsp3) is 0.778. The van der Waals surface area contributed by atoms with Crippen molar-refractivity contribution < 1.29 is 0 Å². The fourth-order valence-electron chi connectivity index (χ4n) is 0.961. The number of rotatable bonds is 3. The summed E-state index contributed by atoms with van der Waals surface area (Å²) in [7, 11) is 0. The molecule has 0 aromatic carbocycles. The van der Waals surface area contributed by atoms with Gasteiger partial charge in [0.05, 0.1) is 0 Å². The van der Waals surface area contributed by atoms with Crippen LogP contribution in [0.1, 0.15) is 40.5 Å². The zero-order valence-electron chi connectivity index (χ0n) is 7.57. The summed E-state index contributed by atoms with van der Waals surface area (Å²) in [6.07, 6.45) is 2.41. The van der Waals surface area contributed by atoms with Gasteiger partial charge in [-0.3, -0.25) is 0 Å². The predicted octanol–water partition coefficient (Wildman–Crippen LogP) is 2.47. The summed E-state index contributed by atoms with van der Waals surface area (Å²) in [6, 6.07) is 0.228. The average molecular weight is 141 g/mol. The summed E-state index contributed by atoms with van der Waals surface area (Å²) in [5, 5.41) is 0. The molecule has 0 aromatic rings. The van der Waals surface area contributed by atoms with Crippen molar-refractivity contribution in [1.29, 1.82) is 0 Å². The summed E-state index contributed by atoms with van der Waals surface area (Å²) >= 11 is 0. The molecule has 0 bridgehead atoms. The Labute approximate surface area is 64.3 Å². The first-order chi connectivity index (χ1) is 4.59. The molecule has 1 heteroatoms. The molecule has 0 saturated carbocycles. The third-order valence-corrected chi connectivity index (χ3v) is 1.98. The van der Waals surface area contributed by atoms with Gasteiger partial charge >= 0.3 is 0 Å². The number of hydrogen-bond acceptors (Lipinski definition) is 1. The SMILES string of the molecule is CCC/C(C)=C(\C)C(C)N. The van der Waals surface area contributed by atoms with Gasteiger partial charge in [0.25, 0.3) is 0 Å². The van der Waals surface area contributed by atoms with Crippen LogP contribution in [0.4, 0.5) is 0 Å². The molecule has 0 aliphatic carbocycles. The van der Waals surface area contributed by atoms with Crippen LogP contribution in [0.5, 0.6) is 0 Å². The van der Waals surface area contributed by atoms with Crippen molar-refractivity contribution >= 4 is 0 Å². The minimum absolute atomic E-state index is 0.228. The van der Waals surface area contributed by atoms with Crippen molar-refractivity contribution in [3.05, 3.63) is 11.1 Å². The Morgan fingerprint density at radius 1 is 1.40 bits per heavy atom. The van der Waals surface area contributed by atoms with Crippen LogP contribution in [0.3, 0.4) is 0 Å². The summed E-state index contributed by atoms with van der Waals surface area (Å²) in [6.45, 7) is 8.52. The average Bonchev–Trinajstić information content (AvgIpc) is 1.87. The molecule has 1 unspecified atom stereocenters. The number of allylic oxidation sites excluding steroid dienone is 1. The first-order valence-corrected chi connectivity index (χ1v) is 4.01. The van der Waals surface area contributed by atoms with E-state index in [0.717, 1.165) is 0 Å². The van der Waals surface area contributed by atoms with Gasteiger partial charge < -0.3 is 5.73 Å².